The van der Waals surface area contributed by atoms with Crippen LogP contribution in [0.3, 0.4) is 0 Å². The molecule has 1 rings (SSSR count). The van der Waals surface area contributed by atoms with Crippen LogP contribution < -0.4 is 78.9 Å². The van der Waals surface area contributed by atoms with E-state index in [-0.39, 0.29) is 36.9 Å². The molecule has 0 aliphatic heterocycles. The molecule has 0 unspecified atom stereocenters. The lowest BCUT2D eigenvalue weighted by atomic mass is 10.0. The summed E-state index contributed by atoms with van der Waals surface area (Å²) >= 11 is 1.58. The Morgan fingerprint density at radius 2 is 1.02 bits per heavy atom. The second-order valence-electron chi connectivity index (χ2n) is 20.5. The van der Waals surface area contributed by atoms with E-state index in [0.717, 1.165) is 12.2 Å². The maximum absolute atomic E-state index is 12.3. The second-order valence-corrected chi connectivity index (χ2v) is 21.5. The first kappa shape index (κ1) is 89.6. The fourth-order valence-electron chi connectivity index (χ4n) is 5.53. The molecule has 0 aliphatic rings. The smallest absolute Gasteiger partial charge is 0.330 e. The number of carbonyl (C=O) groups excluding carboxylic acids is 6. The molecule has 1 amide bonds. The Morgan fingerprint density at radius 3 is 1.39 bits per heavy atom. The predicted octanol–water partition coefficient (Wildman–Crippen LogP) is -3.25. The number of hydrogen-bond acceptors (Lipinski definition) is 27. The minimum atomic E-state index is -1.41. The van der Waals surface area contributed by atoms with E-state index in [0.29, 0.717) is 56.0 Å². The first-order valence-electron chi connectivity index (χ1n) is 27.5. The molecule has 1 aromatic rings. The average molecular weight is 1290 g/mol. The van der Waals surface area contributed by atoms with E-state index in [9.17, 15) is 52.7 Å². The van der Waals surface area contributed by atoms with Gasteiger partial charge in [-0.3, -0.25) is 43.8 Å². The van der Waals surface area contributed by atoms with E-state index >= 15 is 0 Å². The molecule has 34 nitrogen and oxygen atoms in total. The minimum absolute atomic E-state index is 0.0213. The number of carbonyl (C=O) groups is 11. The lowest BCUT2D eigenvalue weighted by Crippen LogP contribution is -2.47. The van der Waals surface area contributed by atoms with Gasteiger partial charge in [0.05, 0.1) is 0 Å². The first-order chi connectivity index (χ1) is 40.5. The number of esters is 5. The van der Waals surface area contributed by atoms with Gasteiger partial charge in [0.15, 0.2) is 5.96 Å². The van der Waals surface area contributed by atoms with Gasteiger partial charge in [0.25, 0.3) is 0 Å². The molecule has 35 heteroatoms. The number of rotatable bonds is 33. The highest BCUT2D eigenvalue weighted by molar-refractivity contribution is 7.98. The molecule has 12 atom stereocenters. The van der Waals surface area contributed by atoms with Crippen LogP contribution in [0.5, 0.6) is 5.75 Å². The van der Waals surface area contributed by atoms with Crippen LogP contribution in [0, 0.1) is 23.2 Å². The van der Waals surface area contributed by atoms with E-state index in [4.69, 9.17) is 114 Å². The molecular weight excluding hydrogens is 1180 g/mol. The zero-order valence-electron chi connectivity index (χ0n) is 51.6. The van der Waals surface area contributed by atoms with Crippen molar-refractivity contribution in [2.75, 3.05) is 25.2 Å². The lowest BCUT2D eigenvalue weighted by molar-refractivity contribution is -0.162. The van der Waals surface area contributed by atoms with Gasteiger partial charge < -0.3 is 119 Å². The number of carboxylic acid groups (broad SMARTS) is 5. The van der Waals surface area contributed by atoms with Crippen molar-refractivity contribution >= 4 is 83.3 Å². The molecular formula is C53H100N14O20S. The van der Waals surface area contributed by atoms with Crippen molar-refractivity contribution in [3.63, 3.8) is 0 Å². The Bertz CT molecular complexity index is 2250. The highest BCUT2D eigenvalue weighted by Crippen LogP contribution is 2.16. The Balaban J connectivity index is -0.000000365. The molecule has 88 heavy (non-hydrogen) atoms. The van der Waals surface area contributed by atoms with Gasteiger partial charge in [-0.2, -0.15) is 11.8 Å². The molecule has 0 aromatic heterocycles. The van der Waals surface area contributed by atoms with Crippen molar-refractivity contribution in [2.24, 2.45) is 86.6 Å². The van der Waals surface area contributed by atoms with Gasteiger partial charge in [0, 0.05) is 13.0 Å². The third-order valence-electron chi connectivity index (χ3n) is 11.2. The molecule has 0 heterocycles. The van der Waals surface area contributed by atoms with Gasteiger partial charge in [-0.25, -0.2) is 14.4 Å². The third kappa shape index (κ3) is 49.9. The maximum Gasteiger partial charge on any atom is 0.330 e. The molecule has 0 fully saturated rings. The van der Waals surface area contributed by atoms with Crippen LogP contribution in [0.1, 0.15) is 112 Å². The molecule has 0 saturated carbocycles. The fraction of sp³-hybridized carbons (Fsp3) is 0.660. The number of guanidine groups is 1. The van der Waals surface area contributed by atoms with E-state index in [1.54, 1.807) is 23.9 Å². The summed E-state index contributed by atoms with van der Waals surface area (Å²) in [5.41, 5.74) is 64.7. The monoisotopic (exact) mass is 1280 g/mol. The van der Waals surface area contributed by atoms with Crippen molar-refractivity contribution in [1.29, 1.82) is 5.41 Å². The van der Waals surface area contributed by atoms with Crippen molar-refractivity contribution < 1.29 is 97.2 Å². The molecule has 1 aromatic carbocycles. The van der Waals surface area contributed by atoms with Crippen LogP contribution in [0.4, 0.5) is 0 Å². The lowest BCUT2D eigenvalue weighted by Gasteiger charge is -2.21. The quantitative estimate of drug-likeness (QED) is 0.00625. The van der Waals surface area contributed by atoms with E-state index in [1.807, 2.05) is 47.8 Å². The summed E-state index contributed by atoms with van der Waals surface area (Å²) in [7, 11) is 0. The zero-order valence-corrected chi connectivity index (χ0v) is 52.4. The second kappa shape index (κ2) is 50.8. The number of thioether (sulfide) groups is 1. The molecule has 0 aliphatic carbocycles. The normalized spacial score (nSPS) is 14.5. The molecule has 31 N–H and O–H groups in total. The number of benzene rings is 1. The van der Waals surface area contributed by atoms with Crippen molar-refractivity contribution in [3.8, 4) is 5.75 Å². The van der Waals surface area contributed by atoms with E-state index < -0.39 is 139 Å². The van der Waals surface area contributed by atoms with Gasteiger partial charge in [-0.15, -0.1) is 0 Å². The maximum atomic E-state index is 12.3. The molecule has 0 saturated heterocycles. The minimum Gasteiger partial charge on any atom is -0.480 e. The summed E-state index contributed by atoms with van der Waals surface area (Å²) in [5, 5.41) is 51.6. The standard InChI is InChI=1S/C22H35N7O8.C8H16N2O3S.3C6H13NO2.C5H10N2O3/c1-11(17(26)21(34)35-10-16(25)18(30)31)36-20(33)15(24)9-12-4-6-13(7-5-12)37-19(32)14(23)3-2-8-29-22(27)28;1-5(9)7(11)13-8(12)6(10)3-4-14-2;2*1-4(2)3-5(7)6(8)9;1-3-4(2)5(7)6(8)9;6-3(5(9)10)1-2-4(7)8/h4-7,11,14-17H,2-3,8-10,23-26H2,1H3,(H,30,31)(H4,27,28,29);5-6H,3-4,9-10H2,1-2H3;3*4-5H,3,7H2,1-2H3,(H,8,9);3H,1-2,6H2,(H2,7,8)(H,9,10)/t11-,14+,15+,16+,17+;5-,6-;2*5-;4-,5-;3-/m100000/s1. The topological polar surface area (TPSA) is 674 Å². The van der Waals surface area contributed by atoms with Gasteiger partial charge in [0.1, 0.15) is 78.9 Å². The number of amides is 1. The Morgan fingerprint density at radius 1 is 0.557 bits per heavy atom. The number of nitrogens with two attached hydrogens (primary N) is 12. The third-order valence-corrected chi connectivity index (χ3v) is 11.8. The largest absolute Gasteiger partial charge is 0.480 e. The van der Waals surface area contributed by atoms with Gasteiger partial charge in [-0.1, -0.05) is 60.1 Å². The van der Waals surface area contributed by atoms with Crippen LogP contribution in [-0.2, 0) is 73.4 Å². The van der Waals surface area contributed by atoms with Crippen molar-refractivity contribution in [2.45, 2.75) is 180 Å². The summed E-state index contributed by atoms with van der Waals surface area (Å²) in [4.78, 5) is 120. The van der Waals surface area contributed by atoms with Crippen LogP contribution in [0.2, 0.25) is 0 Å². The summed E-state index contributed by atoms with van der Waals surface area (Å²) in [6.45, 7) is 14.2. The summed E-state index contributed by atoms with van der Waals surface area (Å²) in [6.07, 6.45) is 4.27. The summed E-state index contributed by atoms with van der Waals surface area (Å²) in [5.74, 6) is -7.97. The number of carboxylic acids is 5. The molecule has 508 valence electrons. The van der Waals surface area contributed by atoms with Crippen LogP contribution >= 0.6 is 11.8 Å². The van der Waals surface area contributed by atoms with Gasteiger partial charge >= 0.3 is 59.7 Å². The number of aliphatic carboxylic acids is 5. The van der Waals surface area contributed by atoms with Gasteiger partial charge in [0.2, 0.25) is 5.91 Å². The average Bonchev–Trinajstić information content (AvgIpc) is 3.57. The Labute approximate surface area is 516 Å². The van der Waals surface area contributed by atoms with Crippen LogP contribution in [0.15, 0.2) is 24.3 Å². The predicted molar refractivity (Wildman–Crippen MR) is 326 cm³/mol. The fourth-order valence-corrected chi connectivity index (χ4v) is 6.02. The number of hydrogen-bond donors (Lipinski definition) is 19. The van der Waals surface area contributed by atoms with E-state index in [2.05, 4.69) is 10.1 Å². The summed E-state index contributed by atoms with van der Waals surface area (Å²) < 4.78 is 19.5. The van der Waals surface area contributed by atoms with Crippen LogP contribution in [0.25, 0.3) is 0 Å². The van der Waals surface area contributed by atoms with Crippen molar-refractivity contribution in [1.82, 2.24) is 5.32 Å². The Kier molecular flexibility index (Phi) is 51.7. The number of primary amides is 1. The molecule has 0 spiro atoms. The highest BCUT2D eigenvalue weighted by Gasteiger charge is 2.29. The summed E-state index contributed by atoms with van der Waals surface area (Å²) in [6, 6.07) is -3.07. The van der Waals surface area contributed by atoms with Gasteiger partial charge in [-0.05, 0) is 106 Å². The molecule has 0 bridgehead atoms. The van der Waals surface area contributed by atoms with Crippen LogP contribution in [-0.4, -0.2) is 189 Å². The van der Waals surface area contributed by atoms with E-state index in [1.165, 1.54) is 26.0 Å². The number of ether oxygens (including phenoxy) is 4. The molecule has 0 radical (unpaired) electrons. The highest BCUT2D eigenvalue weighted by atomic mass is 32.2. The van der Waals surface area contributed by atoms with Crippen molar-refractivity contribution in [3.05, 3.63) is 29.8 Å². The SMILES string of the molecule is CC(C)C[C@H](N)C(=O)O.CC(C)C[C@H](N)C(=O)O.CC[C@H](C)[C@H](N)C(=O)O.CSCC[C@H](N)C(=O)OC(=O)[C@H](C)N.C[C@@H](OC(=O)[C@@H](N)Cc1ccc(OC(=O)[C@@H](N)CCCNC(=N)N)cc1)[C@H](N)C(=O)OC[C@H](N)C(=O)O.NC(=O)CC[C@H](N)C(=O)O. The number of nitrogens with one attached hydrogen (secondary N) is 2. The first-order valence-corrected chi connectivity index (χ1v) is 28.9. The zero-order chi connectivity index (χ0) is 69.7. The Hall–Kier alpha value is -7.19.